The van der Waals surface area contributed by atoms with E-state index in [1.165, 1.54) is 18.2 Å². The molecule has 0 spiro atoms. The zero-order chi connectivity index (χ0) is 21.8. The first-order valence-corrected chi connectivity index (χ1v) is 9.76. The third-order valence-corrected chi connectivity index (χ3v) is 4.89. The number of Topliss-reactive ketones (excluding diaryl/α,β-unsaturated/α-hetero) is 1. The number of halogens is 1. The summed E-state index contributed by atoms with van der Waals surface area (Å²) in [6.07, 6.45) is 3.23. The number of carbonyl (C=O) groups is 2. The topological polar surface area (TPSA) is 79.0 Å². The number of carboxylic acid groups (broad SMARTS) is 1. The average molecular weight is 409 g/mol. The summed E-state index contributed by atoms with van der Waals surface area (Å²) < 4.78 is 15.5. The fourth-order valence-corrected chi connectivity index (χ4v) is 3.68. The van der Waals surface area contributed by atoms with Gasteiger partial charge in [-0.1, -0.05) is 32.1 Å². The van der Waals surface area contributed by atoms with E-state index < -0.39 is 24.3 Å². The van der Waals surface area contributed by atoms with E-state index in [-0.39, 0.29) is 18.2 Å². The molecular formula is C24H24FNO4. The van der Waals surface area contributed by atoms with Crippen LogP contribution in [0.4, 0.5) is 4.39 Å². The molecule has 3 aromatic rings. The third kappa shape index (κ3) is 4.66. The fourth-order valence-electron chi connectivity index (χ4n) is 3.68. The van der Waals surface area contributed by atoms with Crippen LogP contribution in [0.15, 0.2) is 54.7 Å². The summed E-state index contributed by atoms with van der Waals surface area (Å²) in [6, 6.07) is 12.1. The van der Waals surface area contributed by atoms with Crippen molar-refractivity contribution >= 4 is 23.3 Å². The molecule has 156 valence electrons. The summed E-state index contributed by atoms with van der Waals surface area (Å²) in [5.74, 6) is -1.91. The van der Waals surface area contributed by atoms with Gasteiger partial charge in [0.2, 0.25) is 0 Å². The number of aliphatic hydroxyl groups excluding tert-OH is 1. The Morgan fingerprint density at radius 2 is 1.83 bits per heavy atom. The monoisotopic (exact) mass is 409 g/mol. The number of carbonyl (C=O) groups excluding carboxylic acids is 1. The molecule has 0 saturated carbocycles. The number of hydrogen-bond acceptors (Lipinski definition) is 3. The second-order valence-electron chi connectivity index (χ2n) is 7.53. The Labute approximate surface area is 174 Å². The summed E-state index contributed by atoms with van der Waals surface area (Å²) in [6.45, 7) is 4.14. The Balaban J connectivity index is 2.09. The van der Waals surface area contributed by atoms with Crippen molar-refractivity contribution in [2.24, 2.45) is 0 Å². The van der Waals surface area contributed by atoms with Gasteiger partial charge in [0.1, 0.15) is 18.0 Å². The lowest BCUT2D eigenvalue weighted by Crippen LogP contribution is -2.14. The van der Waals surface area contributed by atoms with Gasteiger partial charge in [-0.05, 0) is 53.4 Å². The number of rotatable bonds is 8. The maximum atomic E-state index is 13.5. The van der Waals surface area contributed by atoms with Crippen LogP contribution in [0.5, 0.6) is 0 Å². The van der Waals surface area contributed by atoms with Crippen molar-refractivity contribution in [3.63, 3.8) is 0 Å². The molecule has 2 aromatic heterocycles. The molecule has 5 nitrogen and oxygen atoms in total. The lowest BCUT2D eigenvalue weighted by Gasteiger charge is -2.09. The molecule has 1 atom stereocenters. The lowest BCUT2D eigenvalue weighted by atomic mass is 9.95. The van der Waals surface area contributed by atoms with Crippen molar-refractivity contribution < 1.29 is 24.2 Å². The van der Waals surface area contributed by atoms with Crippen LogP contribution in [0.25, 0.3) is 22.9 Å². The van der Waals surface area contributed by atoms with Crippen LogP contribution in [0.1, 0.15) is 43.7 Å². The van der Waals surface area contributed by atoms with Gasteiger partial charge in [-0.3, -0.25) is 9.59 Å². The first-order chi connectivity index (χ1) is 14.3. The van der Waals surface area contributed by atoms with Crippen LogP contribution in [-0.2, 0) is 9.59 Å². The minimum Gasteiger partial charge on any atom is -0.481 e. The zero-order valence-electron chi connectivity index (χ0n) is 16.9. The van der Waals surface area contributed by atoms with Crippen LogP contribution in [0.3, 0.4) is 0 Å². The number of aromatic nitrogens is 1. The van der Waals surface area contributed by atoms with E-state index in [1.807, 2.05) is 28.8 Å². The van der Waals surface area contributed by atoms with E-state index in [2.05, 4.69) is 13.8 Å². The number of aliphatic hydroxyl groups is 1. The van der Waals surface area contributed by atoms with Gasteiger partial charge in [0.25, 0.3) is 0 Å². The number of pyridine rings is 1. The Hall–Kier alpha value is -3.25. The maximum absolute atomic E-state index is 13.5. The standard InChI is InChI=1S/C24H24FNO4/c1-15(2)23-20(11-10-18(27)13-19(28)14-22(29)30)24(16-6-8-17(25)9-7-16)26-12-4-3-5-21(23)26/h3-12,15,18,27H,13-14H2,1-2H3,(H,29,30). The minimum atomic E-state index is -1.21. The smallest absolute Gasteiger partial charge is 0.310 e. The number of aliphatic carboxylic acids is 1. The molecule has 0 aliphatic rings. The summed E-state index contributed by atoms with van der Waals surface area (Å²) in [4.78, 5) is 22.4. The molecule has 0 fully saturated rings. The van der Waals surface area contributed by atoms with Crippen LogP contribution >= 0.6 is 0 Å². The number of carboxylic acids is 1. The van der Waals surface area contributed by atoms with Crippen molar-refractivity contribution in [2.45, 2.75) is 38.7 Å². The third-order valence-electron chi connectivity index (χ3n) is 4.89. The van der Waals surface area contributed by atoms with Gasteiger partial charge in [0.05, 0.1) is 11.8 Å². The van der Waals surface area contributed by atoms with E-state index in [0.29, 0.717) is 0 Å². The van der Waals surface area contributed by atoms with E-state index in [0.717, 1.165) is 27.9 Å². The highest BCUT2D eigenvalue weighted by molar-refractivity contribution is 5.95. The van der Waals surface area contributed by atoms with E-state index in [4.69, 9.17) is 5.11 Å². The Morgan fingerprint density at radius 1 is 1.13 bits per heavy atom. The Morgan fingerprint density at radius 3 is 2.47 bits per heavy atom. The fraction of sp³-hybridized carbons (Fsp3) is 0.250. The second-order valence-corrected chi connectivity index (χ2v) is 7.53. The van der Waals surface area contributed by atoms with Crippen molar-refractivity contribution in [1.82, 2.24) is 4.40 Å². The molecule has 1 unspecified atom stereocenters. The van der Waals surface area contributed by atoms with Crippen LogP contribution in [0.2, 0.25) is 0 Å². The molecule has 3 rings (SSSR count). The normalized spacial score (nSPS) is 12.7. The second kappa shape index (κ2) is 9.05. The van der Waals surface area contributed by atoms with Crippen molar-refractivity contribution in [2.75, 3.05) is 0 Å². The first kappa shape index (κ1) is 21.5. The molecule has 2 N–H and O–H groups in total. The molecule has 30 heavy (non-hydrogen) atoms. The molecule has 0 saturated heterocycles. The molecule has 6 heteroatoms. The minimum absolute atomic E-state index is 0.169. The van der Waals surface area contributed by atoms with Crippen molar-refractivity contribution in [3.05, 3.63) is 71.7 Å². The number of fused-ring (bicyclic) bond motifs is 1. The van der Waals surface area contributed by atoms with Gasteiger partial charge < -0.3 is 14.6 Å². The molecule has 0 amide bonds. The predicted octanol–water partition coefficient (Wildman–Crippen LogP) is 4.68. The van der Waals surface area contributed by atoms with Crippen LogP contribution in [-0.4, -0.2) is 32.5 Å². The van der Waals surface area contributed by atoms with Gasteiger partial charge >= 0.3 is 5.97 Å². The van der Waals surface area contributed by atoms with Gasteiger partial charge in [0, 0.05) is 23.7 Å². The number of benzene rings is 1. The first-order valence-electron chi connectivity index (χ1n) is 9.76. The average Bonchev–Trinajstić information content (AvgIpc) is 3.00. The highest BCUT2D eigenvalue weighted by Crippen LogP contribution is 2.37. The molecule has 2 heterocycles. The largest absolute Gasteiger partial charge is 0.481 e. The quantitative estimate of drug-likeness (QED) is 0.530. The number of hydrogen-bond donors (Lipinski definition) is 2. The molecule has 0 bridgehead atoms. The van der Waals surface area contributed by atoms with Crippen LogP contribution in [0, 0.1) is 5.82 Å². The SMILES string of the molecule is CC(C)c1c(C=CC(O)CC(=O)CC(=O)O)c(-c2ccc(F)cc2)n2ccccc12. The van der Waals surface area contributed by atoms with Crippen molar-refractivity contribution in [1.29, 1.82) is 0 Å². The van der Waals surface area contributed by atoms with Crippen LogP contribution < -0.4 is 0 Å². The zero-order valence-corrected chi connectivity index (χ0v) is 16.9. The van der Waals surface area contributed by atoms with E-state index in [9.17, 15) is 19.1 Å². The Kier molecular flexibility index (Phi) is 6.47. The maximum Gasteiger partial charge on any atom is 0.310 e. The predicted molar refractivity (Wildman–Crippen MR) is 114 cm³/mol. The van der Waals surface area contributed by atoms with Gasteiger partial charge in [0.15, 0.2) is 0 Å². The lowest BCUT2D eigenvalue weighted by molar-refractivity contribution is -0.140. The summed E-state index contributed by atoms with van der Waals surface area (Å²) in [5, 5.41) is 19.0. The van der Waals surface area contributed by atoms with E-state index in [1.54, 1.807) is 18.2 Å². The summed E-state index contributed by atoms with van der Waals surface area (Å²) >= 11 is 0. The number of ketones is 1. The molecule has 1 aromatic carbocycles. The highest BCUT2D eigenvalue weighted by Gasteiger charge is 2.20. The molecule has 0 radical (unpaired) electrons. The molecule has 0 aliphatic heterocycles. The molecular weight excluding hydrogens is 385 g/mol. The van der Waals surface area contributed by atoms with Gasteiger partial charge in [-0.15, -0.1) is 0 Å². The van der Waals surface area contributed by atoms with Crippen molar-refractivity contribution in [3.8, 4) is 11.3 Å². The number of nitrogens with zero attached hydrogens (tertiary/aromatic N) is 1. The van der Waals surface area contributed by atoms with Gasteiger partial charge in [-0.2, -0.15) is 0 Å². The van der Waals surface area contributed by atoms with Gasteiger partial charge in [-0.25, -0.2) is 4.39 Å². The summed E-state index contributed by atoms with van der Waals surface area (Å²) in [7, 11) is 0. The highest BCUT2D eigenvalue weighted by atomic mass is 19.1. The molecule has 0 aliphatic carbocycles. The Bertz CT molecular complexity index is 1100. The summed E-state index contributed by atoms with van der Waals surface area (Å²) in [5.41, 5.74) is 4.61. The van der Waals surface area contributed by atoms with E-state index >= 15 is 0 Å².